The molecule has 6 nitrogen and oxygen atoms in total. The Bertz CT molecular complexity index is 641. The summed E-state index contributed by atoms with van der Waals surface area (Å²) in [6.45, 7) is 3.50. The van der Waals surface area contributed by atoms with Crippen LogP contribution in [0, 0.1) is 12.7 Å². The van der Waals surface area contributed by atoms with Crippen LogP contribution < -0.4 is 9.80 Å². The van der Waals surface area contributed by atoms with Crippen LogP contribution in [-0.2, 0) is 0 Å². The number of aromatic nitrogens is 4. The highest BCUT2D eigenvalue weighted by atomic mass is 19.1. The Hall–Kier alpha value is -2.31. The molecule has 2 aromatic rings. The van der Waals surface area contributed by atoms with Gasteiger partial charge in [0.1, 0.15) is 18.5 Å². The Balaban J connectivity index is 1.65. The lowest BCUT2D eigenvalue weighted by Gasteiger charge is -2.37. The Morgan fingerprint density at radius 2 is 1.95 bits per heavy atom. The van der Waals surface area contributed by atoms with Gasteiger partial charge >= 0.3 is 0 Å². The predicted octanol–water partition coefficient (Wildman–Crippen LogP) is 1.82. The lowest BCUT2D eigenvalue weighted by atomic mass is 10.0. The summed E-state index contributed by atoms with van der Waals surface area (Å²) in [5.41, 5.74) is 0.956. The number of anilines is 2. The first-order chi connectivity index (χ1) is 10.6. The van der Waals surface area contributed by atoms with E-state index in [0.29, 0.717) is 11.9 Å². The molecular formula is C15H19FN6. The molecule has 0 N–H and O–H groups in total. The van der Waals surface area contributed by atoms with E-state index in [-0.39, 0.29) is 5.82 Å². The first kappa shape index (κ1) is 14.6. The number of hydrogen-bond donors (Lipinski definition) is 0. The number of halogens is 1. The molecular weight excluding hydrogens is 283 g/mol. The van der Waals surface area contributed by atoms with Crippen LogP contribution in [0.3, 0.4) is 0 Å². The molecule has 2 aromatic heterocycles. The van der Waals surface area contributed by atoms with Crippen molar-refractivity contribution in [3.63, 3.8) is 0 Å². The van der Waals surface area contributed by atoms with Gasteiger partial charge in [0.2, 0.25) is 0 Å². The predicted molar refractivity (Wildman–Crippen MR) is 82.4 cm³/mol. The third-order valence-electron chi connectivity index (χ3n) is 4.11. The van der Waals surface area contributed by atoms with E-state index in [1.54, 1.807) is 6.33 Å². The van der Waals surface area contributed by atoms with Gasteiger partial charge < -0.3 is 9.80 Å². The molecule has 116 valence electrons. The van der Waals surface area contributed by atoms with E-state index >= 15 is 0 Å². The first-order valence-corrected chi connectivity index (χ1v) is 7.37. The van der Waals surface area contributed by atoms with Crippen LogP contribution in [-0.4, -0.2) is 46.1 Å². The van der Waals surface area contributed by atoms with Crippen molar-refractivity contribution < 1.29 is 4.39 Å². The maximum absolute atomic E-state index is 13.7. The highest BCUT2D eigenvalue weighted by Gasteiger charge is 2.25. The van der Waals surface area contributed by atoms with Crippen molar-refractivity contribution in [3.8, 4) is 0 Å². The molecule has 0 spiro atoms. The van der Waals surface area contributed by atoms with Crippen molar-refractivity contribution in [2.45, 2.75) is 25.8 Å². The number of piperidine rings is 1. The van der Waals surface area contributed by atoms with Crippen molar-refractivity contribution in [2.24, 2.45) is 0 Å². The minimum atomic E-state index is -0.360. The van der Waals surface area contributed by atoms with Gasteiger partial charge in [-0.1, -0.05) is 0 Å². The molecule has 0 aliphatic carbocycles. The monoisotopic (exact) mass is 302 g/mol. The number of aryl methyl sites for hydroxylation is 1. The van der Waals surface area contributed by atoms with Gasteiger partial charge in [0.25, 0.3) is 0 Å². The smallest absolute Gasteiger partial charge is 0.183 e. The van der Waals surface area contributed by atoms with Gasteiger partial charge in [-0.2, -0.15) is 0 Å². The van der Waals surface area contributed by atoms with Gasteiger partial charge in [-0.3, -0.25) is 0 Å². The molecule has 7 heteroatoms. The lowest BCUT2D eigenvalue weighted by molar-refractivity contribution is 0.470. The fraction of sp³-hybridized carbons (Fsp3) is 0.467. The lowest BCUT2D eigenvalue weighted by Crippen LogP contribution is -2.44. The molecule has 1 aliphatic heterocycles. The van der Waals surface area contributed by atoms with Crippen molar-refractivity contribution >= 4 is 11.6 Å². The summed E-state index contributed by atoms with van der Waals surface area (Å²) in [5, 5.41) is 0. The molecule has 22 heavy (non-hydrogen) atoms. The molecule has 1 fully saturated rings. The minimum Gasteiger partial charge on any atom is -0.356 e. The van der Waals surface area contributed by atoms with Gasteiger partial charge in [-0.25, -0.2) is 24.3 Å². The maximum Gasteiger partial charge on any atom is 0.183 e. The Morgan fingerprint density at radius 1 is 1.18 bits per heavy atom. The van der Waals surface area contributed by atoms with Gasteiger partial charge in [0.15, 0.2) is 11.6 Å². The molecule has 0 unspecified atom stereocenters. The second-order valence-corrected chi connectivity index (χ2v) is 5.54. The molecule has 0 bridgehead atoms. The second kappa shape index (κ2) is 6.21. The number of rotatable bonds is 3. The van der Waals surface area contributed by atoms with Crippen LogP contribution in [0.4, 0.5) is 16.0 Å². The quantitative estimate of drug-likeness (QED) is 0.862. The molecule has 0 amide bonds. The maximum atomic E-state index is 13.7. The van der Waals surface area contributed by atoms with Gasteiger partial charge in [-0.15, -0.1) is 0 Å². The van der Waals surface area contributed by atoms with E-state index in [9.17, 15) is 4.39 Å². The average molecular weight is 302 g/mol. The highest BCUT2D eigenvalue weighted by Crippen LogP contribution is 2.24. The minimum absolute atomic E-state index is 0.360. The summed E-state index contributed by atoms with van der Waals surface area (Å²) < 4.78 is 13.7. The van der Waals surface area contributed by atoms with Crippen molar-refractivity contribution in [1.82, 2.24) is 19.9 Å². The molecule has 3 rings (SSSR count). The van der Waals surface area contributed by atoms with E-state index in [2.05, 4.69) is 24.8 Å². The molecule has 0 aromatic carbocycles. The fourth-order valence-electron chi connectivity index (χ4n) is 2.82. The van der Waals surface area contributed by atoms with Crippen LogP contribution in [0.5, 0.6) is 0 Å². The van der Waals surface area contributed by atoms with E-state index in [0.717, 1.165) is 37.4 Å². The number of hydrogen-bond acceptors (Lipinski definition) is 6. The van der Waals surface area contributed by atoms with Crippen LogP contribution in [0.25, 0.3) is 0 Å². The second-order valence-electron chi connectivity index (χ2n) is 5.54. The molecule has 0 radical (unpaired) electrons. The Labute approximate surface area is 129 Å². The summed E-state index contributed by atoms with van der Waals surface area (Å²) in [5.74, 6) is 0.967. The fourth-order valence-corrected chi connectivity index (χ4v) is 2.82. The van der Waals surface area contributed by atoms with Crippen molar-refractivity contribution in [1.29, 1.82) is 0 Å². The molecule has 1 aliphatic rings. The highest BCUT2D eigenvalue weighted by molar-refractivity contribution is 5.42. The normalized spacial score (nSPS) is 15.9. The summed E-state index contributed by atoms with van der Waals surface area (Å²) in [6.07, 6.45) is 6.06. The molecule has 1 saturated heterocycles. The van der Waals surface area contributed by atoms with Crippen LogP contribution in [0.15, 0.2) is 24.9 Å². The van der Waals surface area contributed by atoms with Gasteiger partial charge in [0, 0.05) is 37.9 Å². The van der Waals surface area contributed by atoms with E-state index in [4.69, 9.17) is 0 Å². The standard InChI is InChI=1S/C15H19FN6/c1-11-7-14(19-10-18-11)21(2)12-3-5-22(6-4-12)15-13(16)8-17-9-20-15/h7-10,12H,3-6H2,1-2H3. The Kier molecular flexibility index (Phi) is 4.13. The molecule has 3 heterocycles. The number of nitrogens with zero attached hydrogens (tertiary/aromatic N) is 6. The molecule has 0 atom stereocenters. The molecule has 0 saturated carbocycles. The van der Waals surface area contributed by atoms with Crippen molar-refractivity contribution in [2.75, 3.05) is 29.9 Å². The average Bonchev–Trinajstić information content (AvgIpc) is 2.55. The Morgan fingerprint density at radius 3 is 2.64 bits per heavy atom. The topological polar surface area (TPSA) is 58.0 Å². The first-order valence-electron chi connectivity index (χ1n) is 7.37. The van der Waals surface area contributed by atoms with E-state index in [1.807, 2.05) is 24.9 Å². The van der Waals surface area contributed by atoms with Crippen LogP contribution in [0.1, 0.15) is 18.5 Å². The van der Waals surface area contributed by atoms with Gasteiger partial charge in [-0.05, 0) is 19.8 Å². The van der Waals surface area contributed by atoms with E-state index < -0.39 is 0 Å². The largest absolute Gasteiger partial charge is 0.356 e. The zero-order valence-corrected chi connectivity index (χ0v) is 12.8. The SMILES string of the molecule is Cc1cc(N(C)C2CCN(c3ncncc3F)CC2)ncn1. The summed E-state index contributed by atoms with van der Waals surface area (Å²) in [7, 11) is 2.05. The summed E-state index contributed by atoms with van der Waals surface area (Å²) in [6, 6.07) is 2.37. The van der Waals surface area contributed by atoms with Crippen LogP contribution in [0.2, 0.25) is 0 Å². The summed E-state index contributed by atoms with van der Waals surface area (Å²) >= 11 is 0. The summed E-state index contributed by atoms with van der Waals surface area (Å²) in [4.78, 5) is 20.4. The third kappa shape index (κ3) is 2.98. The van der Waals surface area contributed by atoms with Crippen LogP contribution >= 0.6 is 0 Å². The van der Waals surface area contributed by atoms with Crippen molar-refractivity contribution in [3.05, 3.63) is 36.4 Å². The zero-order valence-electron chi connectivity index (χ0n) is 12.8. The van der Waals surface area contributed by atoms with E-state index in [1.165, 1.54) is 12.5 Å². The van der Waals surface area contributed by atoms with Gasteiger partial charge in [0.05, 0.1) is 6.20 Å². The third-order valence-corrected chi connectivity index (χ3v) is 4.11. The zero-order chi connectivity index (χ0) is 15.5.